The number of ether oxygens (including phenoxy) is 2. The summed E-state index contributed by atoms with van der Waals surface area (Å²) in [5, 5.41) is 9.11. The Hall–Kier alpha value is -1.15. The lowest BCUT2D eigenvalue weighted by Crippen LogP contribution is -2.37. The Morgan fingerprint density at radius 3 is 2.57 bits per heavy atom. The number of aliphatic hydroxyl groups is 1. The molecule has 0 spiro atoms. The highest BCUT2D eigenvalue weighted by Gasteiger charge is 2.22. The second kappa shape index (κ2) is 8.33. The fourth-order valence-electron chi connectivity index (χ4n) is 1.98. The van der Waals surface area contributed by atoms with E-state index in [4.69, 9.17) is 14.6 Å². The zero-order valence-corrected chi connectivity index (χ0v) is 13.4. The van der Waals surface area contributed by atoms with E-state index in [0.29, 0.717) is 24.3 Å². The largest absolute Gasteiger partial charge is 0.497 e. The van der Waals surface area contributed by atoms with Crippen molar-refractivity contribution in [1.29, 1.82) is 0 Å². The first-order chi connectivity index (χ1) is 9.98. The van der Waals surface area contributed by atoms with Gasteiger partial charge in [0.25, 0.3) is 0 Å². The first-order valence-electron chi connectivity index (χ1n) is 6.77. The fraction of sp³-hybridized carbons (Fsp3) is 0.571. The molecule has 0 bridgehead atoms. The van der Waals surface area contributed by atoms with Crippen molar-refractivity contribution in [3.63, 3.8) is 0 Å². The number of sulfonamides is 1. The molecule has 1 rings (SSSR count). The van der Waals surface area contributed by atoms with Gasteiger partial charge in [0.2, 0.25) is 10.0 Å². The summed E-state index contributed by atoms with van der Waals surface area (Å²) in [6.07, 6.45) is 0.868. The van der Waals surface area contributed by atoms with Crippen molar-refractivity contribution in [2.45, 2.75) is 30.7 Å². The molecular formula is C14H23NO5S. The molecule has 0 heterocycles. The lowest BCUT2D eigenvalue weighted by molar-refractivity contribution is 0.173. The van der Waals surface area contributed by atoms with Crippen molar-refractivity contribution < 1.29 is 23.0 Å². The highest BCUT2D eigenvalue weighted by molar-refractivity contribution is 7.89. The quantitative estimate of drug-likeness (QED) is 0.708. The zero-order valence-electron chi connectivity index (χ0n) is 12.6. The Morgan fingerprint density at radius 1 is 1.33 bits per heavy atom. The summed E-state index contributed by atoms with van der Waals surface area (Å²) in [5.74, 6) is 0.557. The molecule has 6 nitrogen and oxygen atoms in total. The average Bonchev–Trinajstić information content (AvgIpc) is 2.46. The van der Waals surface area contributed by atoms with Crippen LogP contribution in [0.5, 0.6) is 5.75 Å². The molecule has 21 heavy (non-hydrogen) atoms. The minimum atomic E-state index is -3.67. The molecule has 0 fully saturated rings. The number of methoxy groups -OCH3 is 2. The Balaban J connectivity index is 3.11. The molecule has 1 unspecified atom stereocenters. The van der Waals surface area contributed by atoms with Gasteiger partial charge in [-0.25, -0.2) is 13.1 Å². The third-order valence-corrected chi connectivity index (χ3v) is 4.74. The van der Waals surface area contributed by atoms with Gasteiger partial charge in [-0.1, -0.05) is 6.92 Å². The maximum atomic E-state index is 12.5. The van der Waals surface area contributed by atoms with Crippen molar-refractivity contribution >= 4 is 10.0 Å². The van der Waals surface area contributed by atoms with Gasteiger partial charge in [0.15, 0.2) is 0 Å². The number of aliphatic hydroxyl groups excluding tert-OH is 1. The molecule has 0 amide bonds. The third kappa shape index (κ3) is 4.96. The summed E-state index contributed by atoms with van der Waals surface area (Å²) in [5.41, 5.74) is 0.525. The van der Waals surface area contributed by atoms with E-state index in [9.17, 15) is 8.42 Å². The monoisotopic (exact) mass is 317 g/mol. The molecule has 0 aliphatic rings. The van der Waals surface area contributed by atoms with Gasteiger partial charge in [-0.15, -0.1) is 0 Å². The normalized spacial score (nSPS) is 13.1. The summed E-state index contributed by atoms with van der Waals surface area (Å²) in [6.45, 7) is 2.06. The zero-order chi connectivity index (χ0) is 15.9. The first kappa shape index (κ1) is 17.9. The number of benzene rings is 1. The maximum absolute atomic E-state index is 12.5. The molecule has 2 N–H and O–H groups in total. The van der Waals surface area contributed by atoms with Gasteiger partial charge in [-0.2, -0.15) is 0 Å². The van der Waals surface area contributed by atoms with Crippen LogP contribution in [0.15, 0.2) is 23.1 Å². The molecule has 0 aliphatic heterocycles. The summed E-state index contributed by atoms with van der Waals surface area (Å²) in [4.78, 5) is 0.159. The number of nitrogens with one attached hydrogen (secondary N) is 1. The molecular weight excluding hydrogens is 294 g/mol. The average molecular weight is 317 g/mol. The van der Waals surface area contributed by atoms with Crippen molar-refractivity contribution in [2.24, 2.45) is 0 Å². The molecule has 7 heteroatoms. The molecule has 0 radical (unpaired) electrons. The second-order valence-electron chi connectivity index (χ2n) is 4.63. The van der Waals surface area contributed by atoms with Gasteiger partial charge < -0.3 is 14.6 Å². The van der Waals surface area contributed by atoms with E-state index in [1.54, 1.807) is 12.1 Å². The van der Waals surface area contributed by atoms with Crippen LogP contribution in [0, 0.1) is 0 Å². The summed E-state index contributed by atoms with van der Waals surface area (Å²) >= 11 is 0. The van der Waals surface area contributed by atoms with Crippen molar-refractivity contribution in [3.05, 3.63) is 23.8 Å². The van der Waals surface area contributed by atoms with E-state index in [0.717, 1.165) is 0 Å². The molecule has 0 aliphatic carbocycles. The van der Waals surface area contributed by atoms with Crippen molar-refractivity contribution in [2.75, 3.05) is 27.4 Å². The summed E-state index contributed by atoms with van der Waals surface area (Å²) in [7, 11) is -0.629. The Morgan fingerprint density at radius 2 is 2.05 bits per heavy atom. The first-order valence-corrected chi connectivity index (χ1v) is 8.25. The summed E-state index contributed by atoms with van der Waals surface area (Å²) < 4.78 is 37.7. The Labute approximate surface area is 126 Å². The SMILES string of the molecule is CCC(COC)NS(=O)(=O)c1ccc(OC)cc1CCO. The highest BCUT2D eigenvalue weighted by atomic mass is 32.2. The molecule has 1 aromatic carbocycles. The lowest BCUT2D eigenvalue weighted by Gasteiger charge is -2.18. The van der Waals surface area contributed by atoms with Crippen molar-refractivity contribution in [3.8, 4) is 5.75 Å². The van der Waals surface area contributed by atoms with Crippen LogP contribution in [-0.4, -0.2) is 47.0 Å². The van der Waals surface area contributed by atoms with Gasteiger partial charge in [-0.05, 0) is 36.6 Å². The second-order valence-corrected chi connectivity index (χ2v) is 6.31. The van der Waals surface area contributed by atoms with Crippen LogP contribution in [0.1, 0.15) is 18.9 Å². The fourth-order valence-corrected chi connectivity index (χ4v) is 3.53. The van der Waals surface area contributed by atoms with E-state index in [2.05, 4.69) is 4.72 Å². The van der Waals surface area contributed by atoms with E-state index >= 15 is 0 Å². The summed E-state index contributed by atoms with van der Waals surface area (Å²) in [6, 6.07) is 4.42. The minimum Gasteiger partial charge on any atom is -0.497 e. The Kier molecular flexibility index (Phi) is 7.10. The topological polar surface area (TPSA) is 84.9 Å². The van der Waals surface area contributed by atoms with Crippen molar-refractivity contribution in [1.82, 2.24) is 4.72 Å². The molecule has 1 aromatic rings. The van der Waals surface area contributed by atoms with Crippen LogP contribution >= 0.6 is 0 Å². The number of hydrogen-bond donors (Lipinski definition) is 2. The van der Waals surface area contributed by atoms with Crippen LogP contribution in [0.2, 0.25) is 0 Å². The maximum Gasteiger partial charge on any atom is 0.241 e. The lowest BCUT2D eigenvalue weighted by atomic mass is 10.1. The molecule has 0 aromatic heterocycles. The standard InChI is InChI=1S/C14H23NO5S/c1-4-12(10-19-2)15-21(17,18)14-6-5-13(20-3)9-11(14)7-8-16/h5-6,9,12,15-16H,4,7-8,10H2,1-3H3. The third-order valence-electron chi connectivity index (χ3n) is 3.12. The smallest absolute Gasteiger partial charge is 0.241 e. The number of rotatable bonds is 9. The minimum absolute atomic E-state index is 0.134. The van der Waals surface area contributed by atoms with Gasteiger partial charge in [-0.3, -0.25) is 0 Å². The number of hydrogen-bond acceptors (Lipinski definition) is 5. The molecule has 0 saturated heterocycles. The van der Waals surface area contributed by atoms with Gasteiger partial charge in [0.05, 0.1) is 18.6 Å². The van der Waals surface area contributed by atoms with Crippen LogP contribution < -0.4 is 9.46 Å². The highest BCUT2D eigenvalue weighted by Crippen LogP contribution is 2.22. The van der Waals surface area contributed by atoms with Crippen LogP contribution in [-0.2, 0) is 21.2 Å². The Bertz CT molecular complexity index is 544. The van der Waals surface area contributed by atoms with Crippen LogP contribution in [0.25, 0.3) is 0 Å². The van der Waals surface area contributed by atoms with Gasteiger partial charge in [0, 0.05) is 19.8 Å². The van der Waals surface area contributed by atoms with E-state index in [1.165, 1.54) is 20.3 Å². The predicted molar refractivity (Wildman–Crippen MR) is 80.1 cm³/mol. The molecule has 0 saturated carbocycles. The van der Waals surface area contributed by atoms with Crippen LogP contribution in [0.3, 0.4) is 0 Å². The van der Waals surface area contributed by atoms with Gasteiger partial charge >= 0.3 is 0 Å². The van der Waals surface area contributed by atoms with Crippen LogP contribution in [0.4, 0.5) is 0 Å². The van der Waals surface area contributed by atoms with E-state index in [-0.39, 0.29) is 24.0 Å². The predicted octanol–water partition coefficient (Wildman–Crippen LogP) is 0.933. The molecule has 120 valence electrons. The molecule has 1 atom stereocenters. The van der Waals surface area contributed by atoms with E-state index in [1.807, 2.05) is 6.92 Å². The van der Waals surface area contributed by atoms with Gasteiger partial charge in [0.1, 0.15) is 5.75 Å². The van der Waals surface area contributed by atoms with E-state index < -0.39 is 10.0 Å².